The summed E-state index contributed by atoms with van der Waals surface area (Å²) in [5.74, 6) is -0.850. The highest BCUT2D eigenvalue weighted by atomic mass is 19.1. The Labute approximate surface area is 174 Å². The Morgan fingerprint density at radius 3 is 2.53 bits per heavy atom. The number of benzene rings is 2. The van der Waals surface area contributed by atoms with Gasteiger partial charge in [-0.2, -0.15) is 0 Å². The van der Waals surface area contributed by atoms with Gasteiger partial charge in [0, 0.05) is 25.3 Å². The molecule has 2 aromatic carbocycles. The molecule has 1 N–H and O–H groups in total. The third-order valence-corrected chi connectivity index (χ3v) is 5.61. The molecule has 0 bridgehead atoms. The van der Waals surface area contributed by atoms with Crippen LogP contribution in [0.5, 0.6) is 5.75 Å². The number of anilines is 1. The highest BCUT2D eigenvalue weighted by molar-refractivity contribution is 6.45. The molecule has 30 heavy (non-hydrogen) atoms. The van der Waals surface area contributed by atoms with Crippen molar-refractivity contribution in [3.8, 4) is 5.75 Å². The van der Waals surface area contributed by atoms with Crippen LogP contribution in [0.25, 0.3) is 5.57 Å². The summed E-state index contributed by atoms with van der Waals surface area (Å²) in [5.41, 5.74) is 1.40. The molecule has 6 nitrogen and oxygen atoms in total. The van der Waals surface area contributed by atoms with Gasteiger partial charge in [-0.15, -0.1) is 0 Å². The predicted molar refractivity (Wildman–Crippen MR) is 110 cm³/mol. The van der Waals surface area contributed by atoms with Gasteiger partial charge in [-0.05, 0) is 49.1 Å². The molecule has 0 aromatic heterocycles. The number of amides is 2. The fourth-order valence-electron chi connectivity index (χ4n) is 4.15. The average Bonchev–Trinajstić information content (AvgIpc) is 3.04. The molecule has 2 heterocycles. The van der Waals surface area contributed by atoms with Gasteiger partial charge in [0.15, 0.2) is 0 Å². The Bertz CT molecular complexity index is 1000. The average molecular weight is 410 g/mol. The number of rotatable bonds is 5. The number of aliphatic hydroxyl groups excluding tert-OH is 1. The summed E-state index contributed by atoms with van der Waals surface area (Å²) >= 11 is 0. The zero-order chi connectivity index (χ0) is 21.3. The van der Waals surface area contributed by atoms with E-state index in [1.165, 1.54) is 31.4 Å². The Kier molecular flexibility index (Phi) is 5.55. The van der Waals surface area contributed by atoms with Crippen LogP contribution >= 0.6 is 0 Å². The van der Waals surface area contributed by atoms with E-state index >= 15 is 0 Å². The molecule has 2 aromatic rings. The maximum atomic E-state index is 13.5. The SMILES string of the molecule is COc1ccccc1C1=C(N2CCCC(CO)C2)C(=O)N(c2ccc(F)cc2)C1=O. The van der Waals surface area contributed by atoms with E-state index in [1.807, 2.05) is 4.90 Å². The van der Waals surface area contributed by atoms with Crippen molar-refractivity contribution < 1.29 is 23.8 Å². The zero-order valence-corrected chi connectivity index (χ0v) is 16.7. The van der Waals surface area contributed by atoms with Crippen LogP contribution in [-0.2, 0) is 9.59 Å². The number of methoxy groups -OCH3 is 1. The van der Waals surface area contributed by atoms with Crippen LogP contribution in [0.4, 0.5) is 10.1 Å². The van der Waals surface area contributed by atoms with E-state index in [0.29, 0.717) is 35.8 Å². The number of halogens is 1. The van der Waals surface area contributed by atoms with Crippen LogP contribution in [0.3, 0.4) is 0 Å². The first-order chi connectivity index (χ1) is 14.5. The molecule has 2 amide bonds. The number of ether oxygens (including phenoxy) is 1. The number of carbonyl (C=O) groups is 2. The van der Waals surface area contributed by atoms with Crippen LogP contribution in [0.1, 0.15) is 18.4 Å². The van der Waals surface area contributed by atoms with Gasteiger partial charge in [0.1, 0.15) is 17.3 Å². The molecule has 1 unspecified atom stereocenters. The van der Waals surface area contributed by atoms with E-state index < -0.39 is 17.6 Å². The van der Waals surface area contributed by atoms with Gasteiger partial charge in [0.2, 0.25) is 0 Å². The fourth-order valence-corrected chi connectivity index (χ4v) is 4.15. The monoisotopic (exact) mass is 410 g/mol. The lowest BCUT2D eigenvalue weighted by Gasteiger charge is -2.34. The summed E-state index contributed by atoms with van der Waals surface area (Å²) in [4.78, 5) is 30.0. The summed E-state index contributed by atoms with van der Waals surface area (Å²) < 4.78 is 18.9. The van der Waals surface area contributed by atoms with Gasteiger partial charge in [-0.1, -0.05) is 18.2 Å². The van der Waals surface area contributed by atoms with Gasteiger partial charge in [-0.3, -0.25) is 9.59 Å². The summed E-state index contributed by atoms with van der Waals surface area (Å²) in [5, 5.41) is 9.63. The number of imide groups is 1. The van der Waals surface area contributed by atoms with Crippen molar-refractivity contribution >= 4 is 23.1 Å². The van der Waals surface area contributed by atoms with Crippen LogP contribution in [0.2, 0.25) is 0 Å². The number of carbonyl (C=O) groups excluding carboxylic acids is 2. The van der Waals surface area contributed by atoms with Crippen LogP contribution in [0.15, 0.2) is 54.2 Å². The lowest BCUT2D eigenvalue weighted by molar-refractivity contribution is -0.120. The summed E-state index contributed by atoms with van der Waals surface area (Å²) in [7, 11) is 1.51. The Morgan fingerprint density at radius 1 is 1.10 bits per heavy atom. The number of likely N-dealkylation sites (tertiary alicyclic amines) is 1. The van der Waals surface area contributed by atoms with Gasteiger partial charge >= 0.3 is 0 Å². The van der Waals surface area contributed by atoms with Crippen LogP contribution < -0.4 is 9.64 Å². The van der Waals surface area contributed by atoms with Crippen LogP contribution in [0, 0.1) is 11.7 Å². The molecule has 1 saturated heterocycles. The number of piperidine rings is 1. The van der Waals surface area contributed by atoms with Crippen molar-refractivity contribution in [3.05, 3.63) is 65.6 Å². The summed E-state index contributed by atoms with van der Waals surface area (Å²) in [6.45, 7) is 1.12. The fraction of sp³-hybridized carbons (Fsp3) is 0.304. The normalized spacial score (nSPS) is 19.6. The topological polar surface area (TPSA) is 70.1 Å². The van der Waals surface area contributed by atoms with E-state index in [0.717, 1.165) is 17.7 Å². The Hall–Kier alpha value is -3.19. The zero-order valence-electron chi connectivity index (χ0n) is 16.7. The van der Waals surface area contributed by atoms with Crippen LogP contribution in [-0.4, -0.2) is 48.6 Å². The van der Waals surface area contributed by atoms with Crippen molar-refractivity contribution in [1.29, 1.82) is 0 Å². The number of hydrogen-bond donors (Lipinski definition) is 1. The van der Waals surface area contributed by atoms with Gasteiger partial charge in [-0.25, -0.2) is 9.29 Å². The molecule has 0 aliphatic carbocycles. The first-order valence-electron chi connectivity index (χ1n) is 9.93. The Balaban J connectivity index is 1.85. The van der Waals surface area contributed by atoms with Crippen molar-refractivity contribution in [1.82, 2.24) is 4.90 Å². The Morgan fingerprint density at radius 2 is 1.83 bits per heavy atom. The number of hydrogen-bond acceptors (Lipinski definition) is 5. The lowest BCUT2D eigenvalue weighted by atomic mass is 9.96. The minimum atomic E-state index is -0.475. The van der Waals surface area contributed by atoms with E-state index in [1.54, 1.807) is 24.3 Å². The standard InChI is InChI=1S/C23H23FN2O4/c1-30-19-7-3-2-6-18(19)20-21(25-12-4-5-15(13-25)14-27)23(29)26(22(20)28)17-10-8-16(24)9-11-17/h2-3,6-11,15,27H,4-5,12-14H2,1H3. The molecule has 0 radical (unpaired) electrons. The molecule has 2 aliphatic heterocycles. The van der Waals surface area contributed by atoms with Gasteiger partial charge in [0.25, 0.3) is 11.8 Å². The van der Waals surface area contributed by atoms with Crippen molar-refractivity contribution in [2.75, 3.05) is 31.7 Å². The third-order valence-electron chi connectivity index (χ3n) is 5.61. The molecule has 0 saturated carbocycles. The number of para-hydroxylation sites is 1. The summed E-state index contributed by atoms with van der Waals surface area (Å²) in [6.07, 6.45) is 1.68. The molecular formula is C23H23FN2O4. The molecule has 4 rings (SSSR count). The van der Waals surface area contributed by atoms with Crippen molar-refractivity contribution in [3.63, 3.8) is 0 Å². The second-order valence-corrected chi connectivity index (χ2v) is 7.48. The largest absolute Gasteiger partial charge is 0.496 e. The van der Waals surface area contributed by atoms with E-state index in [4.69, 9.17) is 4.74 Å². The first-order valence-corrected chi connectivity index (χ1v) is 9.93. The molecule has 156 valence electrons. The van der Waals surface area contributed by atoms with E-state index in [-0.39, 0.29) is 18.1 Å². The smallest absolute Gasteiger partial charge is 0.282 e. The van der Waals surface area contributed by atoms with E-state index in [2.05, 4.69) is 0 Å². The highest BCUT2D eigenvalue weighted by Gasteiger charge is 2.44. The molecule has 0 spiro atoms. The minimum absolute atomic E-state index is 0.0254. The minimum Gasteiger partial charge on any atom is -0.496 e. The third kappa shape index (κ3) is 3.45. The first kappa shape index (κ1) is 20.1. The van der Waals surface area contributed by atoms with E-state index in [9.17, 15) is 19.1 Å². The van der Waals surface area contributed by atoms with Gasteiger partial charge < -0.3 is 14.7 Å². The number of nitrogens with zero attached hydrogens (tertiary/aromatic N) is 2. The van der Waals surface area contributed by atoms with Crippen molar-refractivity contribution in [2.24, 2.45) is 5.92 Å². The lowest BCUT2D eigenvalue weighted by Crippen LogP contribution is -2.40. The quantitative estimate of drug-likeness (QED) is 0.768. The molecule has 1 fully saturated rings. The maximum absolute atomic E-state index is 13.5. The van der Waals surface area contributed by atoms with Gasteiger partial charge in [0.05, 0.1) is 18.4 Å². The second kappa shape index (κ2) is 8.28. The maximum Gasteiger partial charge on any atom is 0.282 e. The molecular weight excluding hydrogens is 387 g/mol. The molecule has 2 aliphatic rings. The summed E-state index contributed by atoms with van der Waals surface area (Å²) in [6, 6.07) is 12.4. The predicted octanol–water partition coefficient (Wildman–Crippen LogP) is 2.82. The second-order valence-electron chi connectivity index (χ2n) is 7.48. The number of aliphatic hydroxyl groups is 1. The highest BCUT2D eigenvalue weighted by Crippen LogP contribution is 2.39. The molecule has 1 atom stereocenters. The molecule has 7 heteroatoms. The van der Waals surface area contributed by atoms with Crippen molar-refractivity contribution in [2.45, 2.75) is 12.8 Å².